The zero-order valence-corrected chi connectivity index (χ0v) is 4.29. The summed E-state index contributed by atoms with van der Waals surface area (Å²) in [4.78, 5) is 10.0. The van der Waals surface area contributed by atoms with Gasteiger partial charge in [0.2, 0.25) is 0 Å². The summed E-state index contributed by atoms with van der Waals surface area (Å²) in [5.74, 6) is -0.619. The molecule has 46 valence electrons. The van der Waals surface area contributed by atoms with Crippen LogP contribution >= 0.6 is 0 Å². The first-order valence-corrected chi connectivity index (χ1v) is 1.81. The van der Waals surface area contributed by atoms with Crippen LogP contribution < -0.4 is 5.59 Å². The minimum Gasteiger partial charge on any atom is -0.465 e. The second kappa shape index (κ2) is 4.07. The molecular weight excluding hydrogens is 112 g/mol. The average Bonchev–Trinajstić information content (AvgIpc) is 1.83. The highest BCUT2D eigenvalue weighted by atomic mass is 16.5. The Morgan fingerprint density at radius 1 is 2.00 bits per heavy atom. The molecule has 0 fully saturated rings. The lowest BCUT2D eigenvalue weighted by atomic mass is 10.8. The number of nitrogens with zero attached hydrogens (tertiary/aromatic N) is 1. The number of hydrogen-bond acceptors (Lipinski definition) is 5. The van der Waals surface area contributed by atoms with E-state index in [1.807, 2.05) is 0 Å². The third-order valence-corrected chi connectivity index (χ3v) is 0.429. The van der Waals surface area contributed by atoms with E-state index in [4.69, 9.17) is 5.21 Å². The molecule has 0 aromatic rings. The lowest BCUT2D eigenvalue weighted by molar-refractivity contribution is -0.132. The minimum absolute atomic E-state index is 0.619. The van der Waals surface area contributed by atoms with Crippen LogP contribution in [0.1, 0.15) is 0 Å². The van der Waals surface area contributed by atoms with Gasteiger partial charge in [0.25, 0.3) is 0 Å². The van der Waals surface area contributed by atoms with Crippen LogP contribution in [-0.4, -0.2) is 24.5 Å². The van der Waals surface area contributed by atoms with Crippen molar-refractivity contribution >= 4 is 12.2 Å². The van der Waals surface area contributed by atoms with Crippen molar-refractivity contribution in [3.63, 3.8) is 0 Å². The molecule has 0 aliphatic carbocycles. The number of esters is 1. The fraction of sp³-hybridized carbons (Fsp3) is 0.333. The molecule has 0 radical (unpaired) electrons. The van der Waals surface area contributed by atoms with Gasteiger partial charge in [-0.05, 0) is 0 Å². The molecule has 5 heteroatoms. The zero-order valence-electron chi connectivity index (χ0n) is 4.29. The number of carbonyl (C=O) groups excluding carboxylic acids is 1. The Balaban J connectivity index is 3.37. The van der Waals surface area contributed by atoms with Crippen molar-refractivity contribution in [2.45, 2.75) is 0 Å². The van der Waals surface area contributed by atoms with E-state index in [0.717, 1.165) is 6.21 Å². The minimum atomic E-state index is -0.619. The van der Waals surface area contributed by atoms with E-state index in [1.165, 1.54) is 12.7 Å². The van der Waals surface area contributed by atoms with E-state index in [-0.39, 0.29) is 0 Å². The van der Waals surface area contributed by atoms with Gasteiger partial charge in [-0.2, -0.15) is 10.7 Å². The Labute approximate surface area is 45.9 Å². The summed E-state index contributed by atoms with van der Waals surface area (Å²) in [7, 11) is 1.21. The molecule has 0 rings (SSSR count). The summed E-state index contributed by atoms with van der Waals surface area (Å²) in [6.45, 7) is 0. The van der Waals surface area contributed by atoms with Gasteiger partial charge in [-0.15, -0.1) is 0 Å². The lowest BCUT2D eigenvalue weighted by Gasteiger charge is -1.86. The maximum atomic E-state index is 10.0. The molecule has 0 bridgehead atoms. The first kappa shape index (κ1) is 6.90. The van der Waals surface area contributed by atoms with Gasteiger partial charge in [-0.3, -0.25) is 5.21 Å². The van der Waals surface area contributed by atoms with Gasteiger partial charge in [0.1, 0.15) is 6.21 Å². The second-order valence-corrected chi connectivity index (χ2v) is 0.881. The number of carbonyl (C=O) groups is 1. The summed E-state index contributed by atoms with van der Waals surface area (Å²) in [6.07, 6.45) is 0.806. The number of nitrogens with one attached hydrogen (secondary N) is 1. The van der Waals surface area contributed by atoms with Crippen molar-refractivity contribution in [2.24, 2.45) is 5.10 Å². The van der Waals surface area contributed by atoms with Gasteiger partial charge in [0.15, 0.2) is 0 Å². The normalized spacial score (nSPS) is 9.25. The number of rotatable bonds is 2. The highest BCUT2D eigenvalue weighted by Gasteiger charge is 1.88. The van der Waals surface area contributed by atoms with Gasteiger partial charge in [-0.1, -0.05) is 0 Å². The summed E-state index contributed by atoms with van der Waals surface area (Å²) < 4.78 is 4.11. The van der Waals surface area contributed by atoms with Crippen molar-refractivity contribution in [1.29, 1.82) is 0 Å². The van der Waals surface area contributed by atoms with Crippen LogP contribution in [0.3, 0.4) is 0 Å². The maximum Gasteiger partial charge on any atom is 0.351 e. The third kappa shape index (κ3) is 3.10. The number of ether oxygens (including phenoxy) is 1. The number of methoxy groups -OCH3 is 1. The van der Waals surface area contributed by atoms with Crippen molar-refractivity contribution in [3.8, 4) is 0 Å². The van der Waals surface area contributed by atoms with Crippen molar-refractivity contribution in [2.75, 3.05) is 7.11 Å². The van der Waals surface area contributed by atoms with E-state index in [0.29, 0.717) is 0 Å². The Kier molecular flexibility index (Phi) is 3.51. The zero-order chi connectivity index (χ0) is 6.41. The van der Waals surface area contributed by atoms with Crippen LogP contribution in [0.15, 0.2) is 5.10 Å². The molecule has 0 saturated carbocycles. The quantitative estimate of drug-likeness (QED) is 0.281. The Hall–Kier alpha value is -1.10. The van der Waals surface area contributed by atoms with Gasteiger partial charge >= 0.3 is 5.97 Å². The van der Waals surface area contributed by atoms with E-state index in [2.05, 4.69) is 9.84 Å². The predicted molar refractivity (Wildman–Crippen MR) is 25.4 cm³/mol. The van der Waals surface area contributed by atoms with Crippen molar-refractivity contribution in [1.82, 2.24) is 5.59 Å². The fourth-order valence-electron chi connectivity index (χ4n) is 0.134. The standard InChI is InChI=1S/C3H6N2O3/c1-8-3(6)2-4-5-7/h2,5,7H,1H3. The number of hydrogen-bond donors (Lipinski definition) is 2. The molecule has 0 atom stereocenters. The first-order valence-electron chi connectivity index (χ1n) is 1.81. The van der Waals surface area contributed by atoms with E-state index in [1.54, 1.807) is 0 Å². The molecule has 0 aliphatic heterocycles. The van der Waals surface area contributed by atoms with Crippen LogP contribution in [-0.2, 0) is 9.53 Å². The summed E-state index contributed by atoms with van der Waals surface area (Å²) in [5.41, 5.74) is 1.40. The fourth-order valence-corrected chi connectivity index (χ4v) is 0.134. The SMILES string of the molecule is COC(=O)C=NNO. The lowest BCUT2D eigenvalue weighted by Crippen LogP contribution is -2.05. The van der Waals surface area contributed by atoms with E-state index >= 15 is 0 Å². The van der Waals surface area contributed by atoms with Gasteiger partial charge in [-0.25, -0.2) is 4.79 Å². The Morgan fingerprint density at radius 3 is 3.00 bits per heavy atom. The highest BCUT2D eigenvalue weighted by Crippen LogP contribution is 1.63. The van der Waals surface area contributed by atoms with E-state index < -0.39 is 5.97 Å². The van der Waals surface area contributed by atoms with Crippen molar-refractivity contribution in [3.05, 3.63) is 0 Å². The Bertz CT molecular complexity index is 101. The first-order chi connectivity index (χ1) is 3.81. The molecule has 0 spiro atoms. The maximum absolute atomic E-state index is 10.0. The second-order valence-electron chi connectivity index (χ2n) is 0.881. The third-order valence-electron chi connectivity index (χ3n) is 0.429. The van der Waals surface area contributed by atoms with Crippen LogP contribution in [0.4, 0.5) is 0 Å². The molecule has 0 aliphatic rings. The largest absolute Gasteiger partial charge is 0.465 e. The van der Waals surface area contributed by atoms with Gasteiger partial charge in [0.05, 0.1) is 7.11 Å². The molecule has 0 heterocycles. The molecule has 2 N–H and O–H groups in total. The van der Waals surface area contributed by atoms with Crippen LogP contribution in [0.5, 0.6) is 0 Å². The van der Waals surface area contributed by atoms with Gasteiger partial charge < -0.3 is 4.74 Å². The predicted octanol–water partition coefficient (Wildman–Crippen LogP) is -0.876. The molecule has 0 aromatic heterocycles. The molecule has 0 amide bonds. The van der Waals surface area contributed by atoms with Crippen LogP contribution in [0.2, 0.25) is 0 Å². The molecule has 0 saturated heterocycles. The average molecular weight is 118 g/mol. The van der Waals surface area contributed by atoms with Crippen molar-refractivity contribution < 1.29 is 14.7 Å². The molecule has 8 heavy (non-hydrogen) atoms. The summed E-state index contributed by atoms with van der Waals surface area (Å²) in [5, 5.41) is 10.7. The molecule has 5 nitrogen and oxygen atoms in total. The monoisotopic (exact) mass is 118 g/mol. The molecular formula is C3H6N2O3. The summed E-state index contributed by atoms with van der Waals surface area (Å²) in [6, 6.07) is 0. The summed E-state index contributed by atoms with van der Waals surface area (Å²) >= 11 is 0. The Morgan fingerprint density at radius 2 is 2.62 bits per heavy atom. The topological polar surface area (TPSA) is 70.9 Å². The molecule has 0 unspecified atom stereocenters. The van der Waals surface area contributed by atoms with Gasteiger partial charge in [0, 0.05) is 0 Å². The highest BCUT2D eigenvalue weighted by molar-refractivity contribution is 6.22. The smallest absolute Gasteiger partial charge is 0.351 e. The molecule has 0 aromatic carbocycles. The van der Waals surface area contributed by atoms with Crippen LogP contribution in [0, 0.1) is 0 Å². The number of hydrazone groups is 1. The van der Waals surface area contributed by atoms with Crippen LogP contribution in [0.25, 0.3) is 0 Å². The van der Waals surface area contributed by atoms with E-state index in [9.17, 15) is 4.79 Å².